The van der Waals surface area contributed by atoms with Crippen molar-refractivity contribution in [3.05, 3.63) is 38.9 Å². The Morgan fingerprint density at radius 2 is 2.06 bits per heavy atom. The third-order valence-electron chi connectivity index (χ3n) is 7.26. The fraction of sp³-hybridized carbons (Fsp3) is 0.625. The number of nitrogens with zero attached hydrogens (tertiary/aromatic N) is 4. The number of carbonyl (C=O) groups excluding carboxylic acids is 1. The Kier molecular flexibility index (Phi) is 7.36. The van der Waals surface area contributed by atoms with Crippen molar-refractivity contribution in [3.63, 3.8) is 0 Å². The number of hydrogen-bond acceptors (Lipinski definition) is 8. The van der Waals surface area contributed by atoms with E-state index < -0.39 is 6.10 Å². The van der Waals surface area contributed by atoms with Crippen LogP contribution in [0.3, 0.4) is 0 Å². The first-order chi connectivity index (χ1) is 16.5. The summed E-state index contributed by atoms with van der Waals surface area (Å²) in [4.78, 5) is 27.7. The molecule has 3 aliphatic rings. The predicted octanol–water partition coefficient (Wildman–Crippen LogP) is 2.93. The van der Waals surface area contributed by atoms with Gasteiger partial charge in [-0.25, -0.2) is 9.97 Å². The quantitative estimate of drug-likeness (QED) is 0.623. The molecule has 2 aromatic heterocycles. The molecule has 0 unspecified atom stereocenters. The molecule has 2 N–H and O–H groups in total. The van der Waals surface area contributed by atoms with Gasteiger partial charge in [0.2, 0.25) is 5.91 Å². The van der Waals surface area contributed by atoms with Crippen molar-refractivity contribution in [1.29, 1.82) is 0 Å². The van der Waals surface area contributed by atoms with E-state index in [0.29, 0.717) is 50.2 Å². The number of thiophene rings is 1. The third kappa shape index (κ3) is 4.81. The van der Waals surface area contributed by atoms with Gasteiger partial charge in [0, 0.05) is 62.4 Å². The molecule has 5 rings (SSSR count). The molecular weight excluding hydrogens is 474 g/mol. The number of carbonyl (C=O) groups is 1. The van der Waals surface area contributed by atoms with E-state index in [1.54, 1.807) is 17.7 Å². The third-order valence-corrected chi connectivity index (χ3v) is 8.73. The first-order valence-corrected chi connectivity index (χ1v) is 13.4. The van der Waals surface area contributed by atoms with Gasteiger partial charge in [-0.3, -0.25) is 4.79 Å². The Labute approximate surface area is 209 Å². The number of nitrogens with one attached hydrogen (secondary N) is 1. The monoisotopic (exact) mass is 505 g/mol. The summed E-state index contributed by atoms with van der Waals surface area (Å²) in [6, 6.07) is 2.25. The normalized spacial score (nSPS) is 24.3. The number of anilines is 1. The van der Waals surface area contributed by atoms with Crippen molar-refractivity contribution >= 4 is 34.7 Å². The molecule has 2 saturated heterocycles. The number of aliphatic hydroxyl groups excluding tert-OH is 1. The van der Waals surface area contributed by atoms with Crippen LogP contribution in [0.15, 0.2) is 17.8 Å². The van der Waals surface area contributed by atoms with E-state index in [2.05, 4.69) is 27.1 Å². The average molecular weight is 506 g/mol. The van der Waals surface area contributed by atoms with Crippen LogP contribution in [-0.4, -0.2) is 77.9 Å². The zero-order valence-electron chi connectivity index (χ0n) is 19.5. The number of amides is 1. The second-order valence-electron chi connectivity index (χ2n) is 9.44. The maximum absolute atomic E-state index is 13.7. The van der Waals surface area contributed by atoms with Crippen LogP contribution in [0.25, 0.3) is 0 Å². The van der Waals surface area contributed by atoms with E-state index in [1.807, 2.05) is 16.3 Å². The van der Waals surface area contributed by atoms with Gasteiger partial charge in [-0.05, 0) is 36.6 Å². The molecule has 8 nitrogen and oxygen atoms in total. The maximum Gasteiger partial charge on any atom is 0.232 e. The van der Waals surface area contributed by atoms with E-state index in [0.717, 1.165) is 48.0 Å². The number of aliphatic hydroxyl groups is 1. The van der Waals surface area contributed by atoms with Crippen molar-refractivity contribution in [2.45, 2.75) is 50.2 Å². The molecule has 0 bridgehead atoms. The molecule has 0 spiro atoms. The number of aromatic nitrogens is 2. The van der Waals surface area contributed by atoms with E-state index in [4.69, 9.17) is 16.3 Å². The first kappa shape index (κ1) is 23.9. The Hall–Kier alpha value is -1.78. The van der Waals surface area contributed by atoms with E-state index in [1.165, 1.54) is 0 Å². The van der Waals surface area contributed by atoms with Gasteiger partial charge in [-0.2, -0.15) is 0 Å². The number of hydrogen-bond donors (Lipinski definition) is 2. The standard InChI is InChI=1S/C24H32ClN5O3S/c1-15-12-19(31)21-20(15)23(28-14-27-21)29-5-7-30(8-6-29)24(32)17(22-18(25)4-11-34-22)13-26-16-2-9-33-10-3-16/h4,11,14-17,19,26,31H,2-3,5-10,12-13H2,1H3/t15-,17-,19-/m1/s1. The lowest BCUT2D eigenvalue weighted by Crippen LogP contribution is -2.51. The van der Waals surface area contributed by atoms with E-state index in [-0.39, 0.29) is 17.7 Å². The van der Waals surface area contributed by atoms with Crippen LogP contribution >= 0.6 is 22.9 Å². The van der Waals surface area contributed by atoms with Crippen molar-refractivity contribution in [2.24, 2.45) is 0 Å². The summed E-state index contributed by atoms with van der Waals surface area (Å²) in [5, 5.41) is 16.5. The minimum atomic E-state index is -0.519. The van der Waals surface area contributed by atoms with Gasteiger partial charge in [0.05, 0.1) is 22.7 Å². The van der Waals surface area contributed by atoms with Crippen LogP contribution in [-0.2, 0) is 9.53 Å². The molecule has 0 radical (unpaired) electrons. The fourth-order valence-corrected chi connectivity index (χ4v) is 6.63. The molecule has 2 aliphatic heterocycles. The predicted molar refractivity (Wildman–Crippen MR) is 133 cm³/mol. The lowest BCUT2D eigenvalue weighted by atomic mass is 10.0. The lowest BCUT2D eigenvalue weighted by Gasteiger charge is -2.38. The number of halogens is 1. The summed E-state index contributed by atoms with van der Waals surface area (Å²) >= 11 is 8.02. The van der Waals surface area contributed by atoms with Crippen LogP contribution < -0.4 is 10.2 Å². The summed E-state index contributed by atoms with van der Waals surface area (Å²) in [6.45, 7) is 6.89. The van der Waals surface area contributed by atoms with Crippen molar-refractivity contribution in [3.8, 4) is 0 Å². The highest BCUT2D eigenvalue weighted by Crippen LogP contribution is 2.43. The van der Waals surface area contributed by atoms with Crippen molar-refractivity contribution in [1.82, 2.24) is 20.2 Å². The topological polar surface area (TPSA) is 90.8 Å². The molecule has 4 heterocycles. The van der Waals surface area contributed by atoms with Crippen LogP contribution in [0.2, 0.25) is 5.02 Å². The summed E-state index contributed by atoms with van der Waals surface area (Å²) in [6.07, 6.45) is 3.64. The van der Waals surface area contributed by atoms with Gasteiger partial charge in [0.25, 0.3) is 0 Å². The van der Waals surface area contributed by atoms with E-state index >= 15 is 0 Å². The number of fused-ring (bicyclic) bond motifs is 1. The second-order valence-corrected chi connectivity index (χ2v) is 10.8. The summed E-state index contributed by atoms with van der Waals surface area (Å²) in [5.41, 5.74) is 1.81. The van der Waals surface area contributed by atoms with Gasteiger partial charge in [0.1, 0.15) is 12.1 Å². The molecule has 0 saturated carbocycles. The maximum atomic E-state index is 13.7. The Morgan fingerprint density at radius 1 is 1.29 bits per heavy atom. The molecule has 1 amide bonds. The largest absolute Gasteiger partial charge is 0.387 e. The van der Waals surface area contributed by atoms with Gasteiger partial charge >= 0.3 is 0 Å². The van der Waals surface area contributed by atoms with Gasteiger partial charge in [-0.15, -0.1) is 11.3 Å². The number of piperazine rings is 1. The molecular formula is C24H32ClN5O3S. The Balaban J connectivity index is 1.27. The zero-order valence-corrected chi connectivity index (χ0v) is 21.0. The molecule has 3 atom stereocenters. The first-order valence-electron chi connectivity index (χ1n) is 12.1. The summed E-state index contributed by atoms with van der Waals surface area (Å²) < 4.78 is 5.47. The van der Waals surface area contributed by atoms with Crippen LogP contribution in [0.5, 0.6) is 0 Å². The van der Waals surface area contributed by atoms with Gasteiger partial charge < -0.3 is 25.0 Å². The highest BCUT2D eigenvalue weighted by atomic mass is 35.5. The highest BCUT2D eigenvalue weighted by molar-refractivity contribution is 7.10. The second kappa shape index (κ2) is 10.5. The van der Waals surface area contributed by atoms with Crippen LogP contribution in [0.4, 0.5) is 5.82 Å². The lowest BCUT2D eigenvalue weighted by molar-refractivity contribution is -0.133. The molecule has 2 aromatic rings. The zero-order chi connectivity index (χ0) is 23.7. The molecule has 34 heavy (non-hydrogen) atoms. The van der Waals surface area contributed by atoms with Crippen LogP contribution in [0, 0.1) is 0 Å². The van der Waals surface area contributed by atoms with E-state index in [9.17, 15) is 9.90 Å². The average Bonchev–Trinajstić information content (AvgIpc) is 3.42. The van der Waals surface area contributed by atoms with Gasteiger partial charge in [0.15, 0.2) is 0 Å². The summed E-state index contributed by atoms with van der Waals surface area (Å²) in [5.74, 6) is 0.961. The Bertz CT molecular complexity index is 1010. The molecule has 1 aliphatic carbocycles. The number of ether oxygens (including phenoxy) is 1. The summed E-state index contributed by atoms with van der Waals surface area (Å²) in [7, 11) is 0. The Morgan fingerprint density at radius 3 is 2.76 bits per heavy atom. The number of rotatable bonds is 6. The highest BCUT2D eigenvalue weighted by Gasteiger charge is 2.35. The van der Waals surface area contributed by atoms with Crippen molar-refractivity contribution in [2.75, 3.05) is 50.8 Å². The molecule has 10 heteroatoms. The minimum absolute atomic E-state index is 0.125. The van der Waals surface area contributed by atoms with Crippen molar-refractivity contribution < 1.29 is 14.6 Å². The molecule has 184 valence electrons. The molecule has 2 fully saturated rings. The fourth-order valence-electron chi connectivity index (χ4n) is 5.35. The minimum Gasteiger partial charge on any atom is -0.387 e. The SMILES string of the molecule is C[C@@H]1C[C@@H](O)c2ncnc(N3CCN(C(=O)[C@H](CNC4CCOCC4)c4sccc4Cl)CC3)c21. The molecule has 0 aromatic carbocycles. The smallest absolute Gasteiger partial charge is 0.232 e. The van der Waals surface area contributed by atoms with Gasteiger partial charge in [-0.1, -0.05) is 18.5 Å². The van der Waals surface area contributed by atoms with Crippen LogP contribution in [0.1, 0.15) is 60.3 Å².